The molecular weight excluding hydrogens is 308 g/mol. The summed E-state index contributed by atoms with van der Waals surface area (Å²) in [4.78, 5) is 0. The van der Waals surface area contributed by atoms with E-state index in [-0.39, 0.29) is 18.3 Å². The molecule has 3 heterocycles. The minimum absolute atomic E-state index is 0.0367. The fourth-order valence-electron chi connectivity index (χ4n) is 3.10. The maximum atomic E-state index is 6.16. The van der Waals surface area contributed by atoms with Crippen molar-refractivity contribution in [2.24, 2.45) is 0 Å². The molecule has 0 aromatic carbocycles. The van der Waals surface area contributed by atoms with Crippen LogP contribution in [0.2, 0.25) is 0 Å². The molecule has 0 radical (unpaired) electrons. The second kappa shape index (κ2) is 6.21. The Morgan fingerprint density at radius 3 is 2.29 bits per heavy atom. The summed E-state index contributed by atoms with van der Waals surface area (Å²) in [5.41, 5.74) is 0. The Labute approximate surface area is 136 Å². The van der Waals surface area contributed by atoms with Gasteiger partial charge in [0, 0.05) is 0 Å². The maximum absolute atomic E-state index is 6.16. The largest absolute Gasteiger partial charge is 0.348 e. The molecule has 0 aromatic rings. The van der Waals surface area contributed by atoms with E-state index >= 15 is 0 Å². The highest BCUT2D eigenvalue weighted by Gasteiger charge is 2.50. The van der Waals surface area contributed by atoms with Crippen molar-refractivity contribution in [3.63, 3.8) is 0 Å². The van der Waals surface area contributed by atoms with Gasteiger partial charge in [0.1, 0.15) is 12.2 Å². The van der Waals surface area contributed by atoms with Gasteiger partial charge in [0.15, 0.2) is 11.6 Å². The van der Waals surface area contributed by atoms with Crippen molar-refractivity contribution in [1.82, 2.24) is 0 Å². The third-order valence-electron chi connectivity index (χ3n) is 3.94. The normalized spacial score (nSPS) is 39.7. The summed E-state index contributed by atoms with van der Waals surface area (Å²) >= 11 is 4.10. The van der Waals surface area contributed by atoms with E-state index in [1.165, 1.54) is 17.9 Å². The summed E-state index contributed by atoms with van der Waals surface area (Å²) in [5.74, 6) is 1.47. The number of hydrogen-bond acceptors (Lipinski definition) is 6. The van der Waals surface area contributed by atoms with Gasteiger partial charge < -0.3 is 18.9 Å². The molecule has 4 nitrogen and oxygen atoms in total. The first-order valence-corrected chi connectivity index (χ1v) is 9.85. The van der Waals surface area contributed by atoms with Gasteiger partial charge in [-0.1, -0.05) is 0 Å². The zero-order valence-electron chi connectivity index (χ0n) is 13.3. The van der Waals surface area contributed by atoms with Crippen LogP contribution in [0, 0.1) is 0 Å². The van der Waals surface area contributed by atoms with Crippen molar-refractivity contribution in [1.29, 1.82) is 0 Å². The smallest absolute Gasteiger partial charge is 0.163 e. The molecule has 3 atom stereocenters. The number of rotatable bonds is 3. The van der Waals surface area contributed by atoms with Crippen molar-refractivity contribution in [2.45, 2.75) is 75.0 Å². The monoisotopic (exact) mass is 334 g/mol. The molecule has 3 rings (SSSR count). The summed E-state index contributed by atoms with van der Waals surface area (Å²) in [6, 6.07) is 0. The molecule has 0 amide bonds. The van der Waals surface area contributed by atoms with Gasteiger partial charge in [-0.25, -0.2) is 0 Å². The van der Waals surface area contributed by atoms with Gasteiger partial charge in [-0.15, -0.1) is 23.5 Å². The Hall–Kier alpha value is 0.540. The molecule has 6 heteroatoms. The minimum Gasteiger partial charge on any atom is -0.348 e. The first kappa shape index (κ1) is 16.4. The average Bonchev–Trinajstić information content (AvgIpc) is 2.90. The lowest BCUT2D eigenvalue weighted by Crippen LogP contribution is -2.39. The van der Waals surface area contributed by atoms with Crippen LogP contribution in [0.4, 0.5) is 0 Å². The zero-order chi connectivity index (χ0) is 15.1. The van der Waals surface area contributed by atoms with Crippen LogP contribution in [0.3, 0.4) is 0 Å². The molecule has 1 unspecified atom stereocenters. The number of hydrogen-bond donors (Lipinski definition) is 0. The van der Waals surface area contributed by atoms with Crippen molar-refractivity contribution >= 4 is 23.5 Å². The molecule has 0 aliphatic carbocycles. The van der Waals surface area contributed by atoms with Crippen LogP contribution in [-0.2, 0) is 18.9 Å². The van der Waals surface area contributed by atoms with Crippen LogP contribution in [0.25, 0.3) is 0 Å². The van der Waals surface area contributed by atoms with E-state index in [2.05, 4.69) is 0 Å². The van der Waals surface area contributed by atoms with Crippen LogP contribution >= 0.6 is 23.5 Å². The molecule has 3 aliphatic rings. The Kier molecular flexibility index (Phi) is 4.85. The Morgan fingerprint density at radius 2 is 1.67 bits per heavy atom. The first-order chi connectivity index (χ1) is 9.85. The van der Waals surface area contributed by atoms with Crippen LogP contribution in [0.15, 0.2) is 0 Å². The molecule has 0 bridgehead atoms. The molecule has 122 valence electrons. The molecule has 21 heavy (non-hydrogen) atoms. The number of ether oxygens (including phenoxy) is 4. The summed E-state index contributed by atoms with van der Waals surface area (Å²) in [6.45, 7) is 8.47. The van der Waals surface area contributed by atoms with E-state index in [4.69, 9.17) is 18.9 Å². The second-order valence-corrected chi connectivity index (χ2v) is 9.69. The lowest BCUT2D eigenvalue weighted by Gasteiger charge is -2.27. The van der Waals surface area contributed by atoms with Gasteiger partial charge in [0.2, 0.25) is 0 Å². The second-order valence-electron chi connectivity index (χ2n) is 6.77. The predicted octanol–water partition coefficient (Wildman–Crippen LogP) is 3.24. The van der Waals surface area contributed by atoms with Crippen molar-refractivity contribution in [3.8, 4) is 0 Å². The van der Waals surface area contributed by atoms with Crippen molar-refractivity contribution in [3.05, 3.63) is 0 Å². The minimum atomic E-state index is -0.532. The van der Waals surface area contributed by atoms with Gasteiger partial charge in [-0.3, -0.25) is 0 Å². The van der Waals surface area contributed by atoms with Gasteiger partial charge >= 0.3 is 0 Å². The molecule has 3 fully saturated rings. The highest BCUT2D eigenvalue weighted by molar-refractivity contribution is 8.17. The molecule has 0 spiro atoms. The Morgan fingerprint density at radius 1 is 0.952 bits per heavy atom. The SMILES string of the molecule is CC1(C)OCC([C@@H]2OC(C)(C)O[C@H]2CC2SCCCS2)O1. The average molecular weight is 335 g/mol. The summed E-state index contributed by atoms with van der Waals surface area (Å²) in [6.07, 6.45) is 2.35. The fraction of sp³-hybridized carbons (Fsp3) is 1.00. The predicted molar refractivity (Wildman–Crippen MR) is 86.7 cm³/mol. The highest BCUT2D eigenvalue weighted by atomic mass is 32.2. The van der Waals surface area contributed by atoms with Crippen LogP contribution in [0.1, 0.15) is 40.5 Å². The maximum Gasteiger partial charge on any atom is 0.163 e. The van der Waals surface area contributed by atoms with E-state index in [1.54, 1.807) is 0 Å². The van der Waals surface area contributed by atoms with E-state index in [0.29, 0.717) is 11.2 Å². The quantitative estimate of drug-likeness (QED) is 0.789. The van der Waals surface area contributed by atoms with Gasteiger partial charge in [-0.2, -0.15) is 0 Å². The highest BCUT2D eigenvalue weighted by Crippen LogP contribution is 2.41. The molecule has 0 aromatic heterocycles. The Bertz CT molecular complexity index is 369. The van der Waals surface area contributed by atoms with Gasteiger partial charge in [0.25, 0.3) is 0 Å². The van der Waals surface area contributed by atoms with Crippen LogP contribution in [0.5, 0.6) is 0 Å². The Balaban J connectivity index is 1.65. The van der Waals surface area contributed by atoms with Crippen LogP contribution < -0.4 is 0 Å². The summed E-state index contributed by atoms with van der Waals surface area (Å²) in [5, 5.41) is 0. The van der Waals surface area contributed by atoms with E-state index in [0.717, 1.165) is 6.42 Å². The lowest BCUT2D eigenvalue weighted by atomic mass is 10.1. The van der Waals surface area contributed by atoms with E-state index in [9.17, 15) is 0 Å². The summed E-state index contributed by atoms with van der Waals surface area (Å²) < 4.78 is 24.6. The molecule has 0 N–H and O–H groups in total. The van der Waals surface area contributed by atoms with Crippen molar-refractivity contribution < 1.29 is 18.9 Å². The summed E-state index contributed by atoms with van der Waals surface area (Å²) in [7, 11) is 0. The fourth-order valence-corrected chi connectivity index (χ4v) is 6.04. The lowest BCUT2D eigenvalue weighted by molar-refractivity contribution is -0.174. The first-order valence-electron chi connectivity index (χ1n) is 7.75. The van der Waals surface area contributed by atoms with Crippen LogP contribution in [-0.4, -0.2) is 52.6 Å². The molecule has 3 aliphatic heterocycles. The van der Waals surface area contributed by atoms with E-state index < -0.39 is 11.6 Å². The molecule has 3 saturated heterocycles. The van der Waals surface area contributed by atoms with E-state index in [1.807, 2.05) is 51.2 Å². The molecular formula is C15H26O4S2. The van der Waals surface area contributed by atoms with Crippen molar-refractivity contribution in [2.75, 3.05) is 18.1 Å². The molecule has 0 saturated carbocycles. The topological polar surface area (TPSA) is 36.9 Å². The zero-order valence-corrected chi connectivity index (χ0v) is 14.9. The number of thioether (sulfide) groups is 2. The third-order valence-corrected chi connectivity index (χ3v) is 6.93. The van der Waals surface area contributed by atoms with Gasteiger partial charge in [-0.05, 0) is 52.0 Å². The standard InChI is InChI=1S/C15H26O4S2/c1-14(2)16-9-11(18-14)13-10(17-15(3,4)19-13)8-12-20-6-5-7-21-12/h10-13H,5-9H2,1-4H3/t10-,11?,13+/m0/s1. The third kappa shape index (κ3) is 4.09. The van der Waals surface area contributed by atoms with Gasteiger partial charge in [0.05, 0.1) is 17.3 Å².